The van der Waals surface area contributed by atoms with Crippen LogP contribution in [-0.2, 0) is 0 Å². The quantitative estimate of drug-likeness (QED) is 0.873. The molecule has 0 aliphatic rings. The van der Waals surface area contributed by atoms with E-state index >= 15 is 0 Å². The number of carbonyl (C=O) groups excluding carboxylic acids is 1. The predicted molar refractivity (Wildman–Crippen MR) is 90.0 cm³/mol. The van der Waals surface area contributed by atoms with Gasteiger partial charge in [-0.25, -0.2) is 4.98 Å². The lowest BCUT2D eigenvalue weighted by molar-refractivity contribution is 0.102. The molecule has 0 unspecified atom stereocenters. The number of hydrogen-bond acceptors (Lipinski definition) is 3. The molecule has 0 aliphatic heterocycles. The van der Waals surface area contributed by atoms with Crippen molar-refractivity contribution in [2.24, 2.45) is 0 Å². The summed E-state index contributed by atoms with van der Waals surface area (Å²) >= 11 is 3.40. The highest BCUT2D eigenvalue weighted by Gasteiger charge is 2.12. The maximum Gasteiger partial charge on any atom is 0.258 e. The van der Waals surface area contributed by atoms with Gasteiger partial charge in [-0.15, -0.1) is 0 Å². The number of nitrogens with one attached hydrogen (secondary N) is 2. The lowest BCUT2D eigenvalue weighted by atomic mass is 10.1. The minimum atomic E-state index is -0.167. The van der Waals surface area contributed by atoms with Crippen molar-refractivity contribution in [1.29, 1.82) is 0 Å². The molecule has 2 aromatic rings. The van der Waals surface area contributed by atoms with Crippen LogP contribution in [0.15, 0.2) is 34.9 Å². The van der Waals surface area contributed by atoms with Crippen molar-refractivity contribution < 1.29 is 4.79 Å². The average Bonchev–Trinajstić information content (AvgIpc) is 2.43. The molecule has 1 amide bonds. The molecule has 2 rings (SSSR count). The SMILES string of the molecule is CCNc1cc(C)ccc1C(=O)Nc1cc(C)c(Br)cn1. The molecule has 4 nitrogen and oxygen atoms in total. The fraction of sp³-hybridized carbons (Fsp3) is 0.250. The van der Waals surface area contributed by atoms with Gasteiger partial charge in [0.15, 0.2) is 0 Å². The van der Waals surface area contributed by atoms with E-state index in [0.29, 0.717) is 11.4 Å². The molecule has 1 aromatic heterocycles. The van der Waals surface area contributed by atoms with Crippen LogP contribution in [0.5, 0.6) is 0 Å². The highest BCUT2D eigenvalue weighted by Crippen LogP contribution is 2.21. The van der Waals surface area contributed by atoms with Crippen molar-refractivity contribution in [3.8, 4) is 0 Å². The second-order valence-electron chi connectivity index (χ2n) is 4.85. The molecule has 0 bridgehead atoms. The summed E-state index contributed by atoms with van der Waals surface area (Å²) < 4.78 is 0.921. The van der Waals surface area contributed by atoms with Gasteiger partial charge >= 0.3 is 0 Å². The van der Waals surface area contributed by atoms with Crippen LogP contribution in [-0.4, -0.2) is 17.4 Å². The smallest absolute Gasteiger partial charge is 0.258 e. The van der Waals surface area contributed by atoms with Gasteiger partial charge < -0.3 is 10.6 Å². The van der Waals surface area contributed by atoms with E-state index in [-0.39, 0.29) is 5.91 Å². The fourth-order valence-corrected chi connectivity index (χ4v) is 2.20. The van der Waals surface area contributed by atoms with Crippen LogP contribution < -0.4 is 10.6 Å². The Balaban J connectivity index is 2.25. The number of rotatable bonds is 4. The van der Waals surface area contributed by atoms with Crippen LogP contribution in [0.1, 0.15) is 28.4 Å². The number of anilines is 2. The minimum Gasteiger partial charge on any atom is -0.385 e. The molecule has 1 aromatic carbocycles. The van der Waals surface area contributed by atoms with Crippen molar-refractivity contribution in [3.63, 3.8) is 0 Å². The first-order valence-electron chi connectivity index (χ1n) is 6.79. The first-order chi connectivity index (χ1) is 10.0. The lowest BCUT2D eigenvalue weighted by Crippen LogP contribution is -2.15. The third-order valence-electron chi connectivity index (χ3n) is 3.08. The Labute approximate surface area is 133 Å². The van der Waals surface area contributed by atoms with Crippen molar-refractivity contribution in [2.45, 2.75) is 20.8 Å². The Morgan fingerprint density at radius 2 is 2.05 bits per heavy atom. The molecule has 21 heavy (non-hydrogen) atoms. The normalized spacial score (nSPS) is 10.3. The summed E-state index contributed by atoms with van der Waals surface area (Å²) in [4.78, 5) is 16.6. The van der Waals surface area contributed by atoms with E-state index in [1.54, 1.807) is 6.20 Å². The summed E-state index contributed by atoms with van der Waals surface area (Å²) in [5, 5.41) is 6.05. The van der Waals surface area contributed by atoms with Crippen LogP contribution >= 0.6 is 15.9 Å². The summed E-state index contributed by atoms with van der Waals surface area (Å²) in [5.74, 6) is 0.379. The molecule has 0 saturated carbocycles. The van der Waals surface area contributed by atoms with E-state index in [0.717, 1.165) is 27.8 Å². The first kappa shape index (κ1) is 15.5. The minimum absolute atomic E-state index is 0.167. The maximum absolute atomic E-state index is 12.4. The number of hydrogen-bond donors (Lipinski definition) is 2. The summed E-state index contributed by atoms with van der Waals surface area (Å²) in [6.07, 6.45) is 1.69. The molecule has 0 aliphatic carbocycles. The van der Waals surface area contributed by atoms with Gasteiger partial charge in [0.1, 0.15) is 5.82 Å². The van der Waals surface area contributed by atoms with Crippen molar-refractivity contribution in [2.75, 3.05) is 17.2 Å². The van der Waals surface area contributed by atoms with E-state index in [2.05, 4.69) is 31.5 Å². The van der Waals surface area contributed by atoms with Crippen molar-refractivity contribution in [1.82, 2.24) is 4.98 Å². The molecular weight excluding hydrogens is 330 g/mol. The third-order valence-corrected chi connectivity index (χ3v) is 3.91. The third kappa shape index (κ3) is 3.82. The van der Waals surface area contributed by atoms with E-state index in [4.69, 9.17) is 0 Å². The molecule has 0 saturated heterocycles. The monoisotopic (exact) mass is 347 g/mol. The van der Waals surface area contributed by atoms with Gasteiger partial charge in [0.25, 0.3) is 5.91 Å². The molecule has 5 heteroatoms. The lowest BCUT2D eigenvalue weighted by Gasteiger charge is -2.12. The second-order valence-corrected chi connectivity index (χ2v) is 5.71. The standard InChI is InChI=1S/C16H18BrN3O/c1-4-18-14-7-10(2)5-6-12(14)16(21)20-15-8-11(3)13(17)9-19-15/h5-9,18H,4H2,1-3H3,(H,19,20,21). The number of aromatic nitrogens is 1. The molecule has 0 radical (unpaired) electrons. The van der Waals surface area contributed by atoms with Gasteiger partial charge in [-0.1, -0.05) is 6.07 Å². The largest absolute Gasteiger partial charge is 0.385 e. The molecule has 0 fully saturated rings. The number of halogens is 1. The van der Waals surface area contributed by atoms with Gasteiger partial charge in [-0.05, 0) is 66.0 Å². The number of aryl methyl sites for hydroxylation is 2. The van der Waals surface area contributed by atoms with Crippen LogP contribution in [0.2, 0.25) is 0 Å². The highest BCUT2D eigenvalue weighted by molar-refractivity contribution is 9.10. The van der Waals surface area contributed by atoms with Crippen molar-refractivity contribution >= 4 is 33.3 Å². The Morgan fingerprint density at radius 3 is 2.71 bits per heavy atom. The van der Waals surface area contributed by atoms with E-state index in [1.807, 2.05) is 45.0 Å². The maximum atomic E-state index is 12.4. The summed E-state index contributed by atoms with van der Waals surface area (Å²) in [5.41, 5.74) is 3.59. The zero-order valence-electron chi connectivity index (χ0n) is 12.3. The zero-order valence-corrected chi connectivity index (χ0v) is 13.9. The van der Waals surface area contributed by atoms with E-state index in [1.165, 1.54) is 0 Å². The second kappa shape index (κ2) is 6.72. The number of carbonyl (C=O) groups is 1. The number of nitrogens with zero attached hydrogens (tertiary/aromatic N) is 1. The van der Waals surface area contributed by atoms with Gasteiger partial charge in [0.2, 0.25) is 0 Å². The first-order valence-corrected chi connectivity index (χ1v) is 7.58. The summed E-state index contributed by atoms with van der Waals surface area (Å²) in [6, 6.07) is 7.56. The number of amides is 1. The van der Waals surface area contributed by atoms with Gasteiger partial charge in [-0.3, -0.25) is 4.79 Å². The molecule has 110 valence electrons. The summed E-state index contributed by atoms with van der Waals surface area (Å²) in [7, 11) is 0. The topological polar surface area (TPSA) is 54.0 Å². The van der Waals surface area contributed by atoms with Gasteiger partial charge in [0, 0.05) is 22.9 Å². The fourth-order valence-electron chi connectivity index (χ4n) is 1.98. The van der Waals surface area contributed by atoms with Crippen LogP contribution in [0, 0.1) is 13.8 Å². The molecule has 1 heterocycles. The number of benzene rings is 1. The number of pyridine rings is 1. The van der Waals surface area contributed by atoms with Gasteiger partial charge in [0.05, 0.1) is 5.56 Å². The van der Waals surface area contributed by atoms with Crippen LogP contribution in [0.4, 0.5) is 11.5 Å². The molecule has 0 spiro atoms. The van der Waals surface area contributed by atoms with Crippen LogP contribution in [0.3, 0.4) is 0 Å². The Hall–Kier alpha value is -1.88. The Morgan fingerprint density at radius 1 is 1.29 bits per heavy atom. The van der Waals surface area contributed by atoms with Gasteiger partial charge in [-0.2, -0.15) is 0 Å². The summed E-state index contributed by atoms with van der Waals surface area (Å²) in [6.45, 7) is 6.72. The molecule has 2 N–H and O–H groups in total. The zero-order chi connectivity index (χ0) is 15.4. The van der Waals surface area contributed by atoms with E-state index < -0.39 is 0 Å². The molecular formula is C16H18BrN3O. The highest BCUT2D eigenvalue weighted by atomic mass is 79.9. The Kier molecular flexibility index (Phi) is 4.96. The molecule has 0 atom stereocenters. The average molecular weight is 348 g/mol. The van der Waals surface area contributed by atoms with Crippen molar-refractivity contribution in [3.05, 3.63) is 51.6 Å². The predicted octanol–water partition coefficient (Wildman–Crippen LogP) is 4.15. The van der Waals surface area contributed by atoms with E-state index in [9.17, 15) is 4.79 Å². The Bertz CT molecular complexity index is 671. The van der Waals surface area contributed by atoms with Crippen LogP contribution in [0.25, 0.3) is 0 Å².